The number of hydrogen-bond acceptors (Lipinski definition) is 6. The topological polar surface area (TPSA) is 103 Å². The molecule has 8 nitrogen and oxygen atoms in total. The van der Waals surface area contributed by atoms with E-state index in [0.717, 1.165) is 0 Å². The van der Waals surface area contributed by atoms with Gasteiger partial charge in [0.05, 0.1) is 12.7 Å². The number of methoxy groups -OCH3 is 1. The SMILES string of the molecule is COC(=O)c1cc(NC(=O)OC(C)(C)C)cc(NC(=O)OC(C)(C)C)c1. The van der Waals surface area contributed by atoms with Crippen molar-refractivity contribution in [2.75, 3.05) is 17.7 Å². The molecule has 0 aliphatic rings. The average Bonchev–Trinajstić information content (AvgIpc) is 2.41. The summed E-state index contributed by atoms with van der Waals surface area (Å²) in [7, 11) is 1.23. The van der Waals surface area contributed by atoms with Crippen molar-refractivity contribution in [3.05, 3.63) is 23.8 Å². The standard InChI is InChI=1S/C18H26N2O6/c1-17(2,3)25-15(22)19-12-8-11(14(21)24-7)9-13(10-12)20-16(23)26-18(4,5)6/h8-10H,1-7H3,(H,19,22)(H,20,23). The van der Waals surface area contributed by atoms with Crippen LogP contribution in [0.3, 0.4) is 0 Å². The van der Waals surface area contributed by atoms with Crippen LogP contribution in [0, 0.1) is 0 Å². The van der Waals surface area contributed by atoms with E-state index in [1.807, 2.05) is 0 Å². The maximum atomic E-state index is 11.9. The Morgan fingerprint density at radius 1 is 0.769 bits per heavy atom. The number of hydrogen-bond donors (Lipinski definition) is 2. The highest BCUT2D eigenvalue weighted by Gasteiger charge is 2.19. The predicted octanol–water partition coefficient (Wildman–Crippen LogP) is 4.17. The van der Waals surface area contributed by atoms with Crippen LogP contribution >= 0.6 is 0 Å². The van der Waals surface area contributed by atoms with Crippen molar-refractivity contribution >= 4 is 29.5 Å². The summed E-state index contributed by atoms with van der Waals surface area (Å²) in [5.41, 5.74) is -0.697. The molecule has 0 aliphatic heterocycles. The van der Waals surface area contributed by atoms with E-state index in [0.29, 0.717) is 0 Å². The van der Waals surface area contributed by atoms with Gasteiger partial charge in [0.25, 0.3) is 0 Å². The first kappa shape index (κ1) is 21.3. The number of carbonyl (C=O) groups excluding carboxylic acids is 3. The van der Waals surface area contributed by atoms with Crippen LogP contribution in [0.1, 0.15) is 51.9 Å². The monoisotopic (exact) mass is 366 g/mol. The van der Waals surface area contributed by atoms with Gasteiger partial charge >= 0.3 is 18.2 Å². The van der Waals surface area contributed by atoms with E-state index in [4.69, 9.17) is 14.2 Å². The normalized spacial score (nSPS) is 11.3. The third-order valence-corrected chi connectivity index (χ3v) is 2.64. The van der Waals surface area contributed by atoms with Crippen LogP contribution < -0.4 is 10.6 Å². The van der Waals surface area contributed by atoms with Gasteiger partial charge in [0, 0.05) is 11.4 Å². The maximum Gasteiger partial charge on any atom is 0.412 e. The Kier molecular flexibility index (Phi) is 6.60. The molecule has 0 heterocycles. The van der Waals surface area contributed by atoms with Gasteiger partial charge < -0.3 is 14.2 Å². The second kappa shape index (κ2) is 8.07. The minimum Gasteiger partial charge on any atom is -0.465 e. The van der Waals surface area contributed by atoms with Gasteiger partial charge in [0.2, 0.25) is 0 Å². The fraction of sp³-hybridized carbons (Fsp3) is 0.500. The molecule has 26 heavy (non-hydrogen) atoms. The lowest BCUT2D eigenvalue weighted by Crippen LogP contribution is -2.28. The second-order valence-electron chi connectivity index (χ2n) is 7.54. The van der Waals surface area contributed by atoms with Gasteiger partial charge in [0.1, 0.15) is 11.2 Å². The molecule has 0 unspecified atom stereocenters. The molecule has 2 amide bonds. The lowest BCUT2D eigenvalue weighted by Gasteiger charge is -2.21. The first-order chi connectivity index (χ1) is 11.8. The molecule has 2 N–H and O–H groups in total. The van der Waals surface area contributed by atoms with Crippen molar-refractivity contribution < 1.29 is 28.6 Å². The van der Waals surface area contributed by atoms with Crippen LogP contribution in [0.15, 0.2) is 18.2 Å². The van der Waals surface area contributed by atoms with Crippen LogP contribution in [0.4, 0.5) is 21.0 Å². The lowest BCUT2D eigenvalue weighted by atomic mass is 10.1. The van der Waals surface area contributed by atoms with Crippen molar-refractivity contribution in [2.45, 2.75) is 52.7 Å². The van der Waals surface area contributed by atoms with Crippen LogP contribution in [0.5, 0.6) is 0 Å². The van der Waals surface area contributed by atoms with Gasteiger partial charge in [-0.15, -0.1) is 0 Å². The minimum absolute atomic E-state index is 0.145. The summed E-state index contributed by atoms with van der Waals surface area (Å²) >= 11 is 0. The molecule has 0 bridgehead atoms. The molecule has 0 saturated heterocycles. The molecule has 0 atom stereocenters. The molecule has 0 aromatic heterocycles. The third kappa shape index (κ3) is 7.87. The van der Waals surface area contributed by atoms with Crippen molar-refractivity contribution in [2.24, 2.45) is 0 Å². The fourth-order valence-electron chi connectivity index (χ4n) is 1.85. The van der Waals surface area contributed by atoms with Gasteiger partial charge in [-0.1, -0.05) is 0 Å². The number of ether oxygens (including phenoxy) is 3. The van der Waals surface area contributed by atoms with E-state index in [1.54, 1.807) is 41.5 Å². The first-order valence-corrected chi connectivity index (χ1v) is 8.02. The Labute approximate surface area is 153 Å². The van der Waals surface area contributed by atoms with Crippen LogP contribution in [-0.2, 0) is 14.2 Å². The Hall–Kier alpha value is -2.77. The number of esters is 1. The zero-order valence-corrected chi connectivity index (χ0v) is 16.2. The molecule has 0 saturated carbocycles. The van der Waals surface area contributed by atoms with E-state index in [2.05, 4.69) is 10.6 Å². The van der Waals surface area contributed by atoms with Gasteiger partial charge in [0.15, 0.2) is 0 Å². The zero-order chi connectivity index (χ0) is 20.1. The molecule has 144 valence electrons. The van der Waals surface area contributed by atoms with E-state index in [-0.39, 0.29) is 16.9 Å². The molecular weight excluding hydrogens is 340 g/mol. The van der Waals surface area contributed by atoms with Crippen LogP contribution in [0.2, 0.25) is 0 Å². The number of nitrogens with one attached hydrogen (secondary N) is 2. The quantitative estimate of drug-likeness (QED) is 0.615. The summed E-state index contributed by atoms with van der Waals surface area (Å²) in [5.74, 6) is -0.620. The summed E-state index contributed by atoms with van der Waals surface area (Å²) in [4.78, 5) is 35.7. The number of rotatable bonds is 3. The molecular formula is C18H26N2O6. The minimum atomic E-state index is -0.692. The van der Waals surface area contributed by atoms with Crippen molar-refractivity contribution in [3.63, 3.8) is 0 Å². The van der Waals surface area contributed by atoms with E-state index in [1.165, 1.54) is 25.3 Å². The highest BCUT2D eigenvalue weighted by atomic mass is 16.6. The smallest absolute Gasteiger partial charge is 0.412 e. The molecule has 1 aromatic rings. The summed E-state index contributed by atoms with van der Waals surface area (Å²) in [6.07, 6.45) is -1.38. The first-order valence-electron chi connectivity index (χ1n) is 8.02. The molecule has 0 fully saturated rings. The summed E-state index contributed by atoms with van der Waals surface area (Å²) in [6.45, 7) is 10.4. The average molecular weight is 366 g/mol. The summed E-state index contributed by atoms with van der Waals surface area (Å²) in [6, 6.07) is 4.30. The second-order valence-corrected chi connectivity index (χ2v) is 7.54. The largest absolute Gasteiger partial charge is 0.465 e. The summed E-state index contributed by atoms with van der Waals surface area (Å²) in [5, 5.41) is 5.04. The number of amides is 2. The van der Waals surface area contributed by atoms with Crippen molar-refractivity contribution in [1.29, 1.82) is 0 Å². The van der Waals surface area contributed by atoms with Gasteiger partial charge in [-0.05, 0) is 59.7 Å². The highest BCUT2D eigenvalue weighted by molar-refractivity contribution is 5.96. The third-order valence-electron chi connectivity index (χ3n) is 2.64. The van der Waals surface area contributed by atoms with Gasteiger partial charge in [-0.2, -0.15) is 0 Å². The van der Waals surface area contributed by atoms with Crippen molar-refractivity contribution in [1.82, 2.24) is 0 Å². The molecule has 1 aromatic carbocycles. The van der Waals surface area contributed by atoms with E-state index >= 15 is 0 Å². The Balaban J connectivity index is 3.05. The Morgan fingerprint density at radius 2 is 1.15 bits per heavy atom. The summed E-state index contributed by atoms with van der Waals surface area (Å²) < 4.78 is 15.0. The number of benzene rings is 1. The van der Waals surface area contributed by atoms with Crippen molar-refractivity contribution in [3.8, 4) is 0 Å². The van der Waals surface area contributed by atoms with Crippen LogP contribution in [0.25, 0.3) is 0 Å². The fourth-order valence-corrected chi connectivity index (χ4v) is 1.85. The maximum absolute atomic E-state index is 11.9. The molecule has 0 aliphatic carbocycles. The van der Waals surface area contributed by atoms with Crippen LogP contribution in [-0.4, -0.2) is 36.5 Å². The number of carbonyl (C=O) groups is 3. The highest BCUT2D eigenvalue weighted by Crippen LogP contribution is 2.22. The zero-order valence-electron chi connectivity index (χ0n) is 16.2. The van der Waals surface area contributed by atoms with Gasteiger partial charge in [-0.3, -0.25) is 10.6 Å². The number of anilines is 2. The Bertz CT molecular complexity index is 638. The molecule has 0 radical (unpaired) electrons. The van der Waals surface area contributed by atoms with Gasteiger partial charge in [-0.25, -0.2) is 14.4 Å². The van der Waals surface area contributed by atoms with E-state index < -0.39 is 29.4 Å². The lowest BCUT2D eigenvalue weighted by molar-refractivity contribution is 0.0594. The molecule has 1 rings (SSSR count). The molecule has 8 heteroatoms. The molecule has 0 spiro atoms. The van der Waals surface area contributed by atoms with E-state index in [9.17, 15) is 14.4 Å². The Morgan fingerprint density at radius 3 is 1.46 bits per heavy atom. The predicted molar refractivity (Wildman–Crippen MR) is 97.5 cm³/mol.